The van der Waals surface area contributed by atoms with E-state index in [2.05, 4.69) is 46.3 Å². The molecule has 1 atom stereocenters. The van der Waals surface area contributed by atoms with Crippen LogP contribution in [0.15, 0.2) is 48.5 Å². The maximum Gasteiger partial charge on any atom is 0.258 e. The molecule has 0 radical (unpaired) electrons. The fourth-order valence-electron chi connectivity index (χ4n) is 3.64. The van der Waals surface area contributed by atoms with Gasteiger partial charge in [0.25, 0.3) is 5.91 Å². The van der Waals surface area contributed by atoms with E-state index in [1.807, 2.05) is 19.1 Å². The average molecular weight is 412 g/mol. The summed E-state index contributed by atoms with van der Waals surface area (Å²) in [6.45, 7) is 9.38. The third-order valence-electron chi connectivity index (χ3n) is 5.45. The molecular weight excluding hydrogens is 378 g/mol. The summed E-state index contributed by atoms with van der Waals surface area (Å²) in [4.78, 5) is 17.1. The predicted octanol–water partition coefficient (Wildman–Crippen LogP) is 3.10. The number of nitrogens with zero attached hydrogens (tertiary/aromatic N) is 2. The topological polar surface area (TPSA) is 54.0 Å². The molecule has 0 aliphatic carbocycles. The number of methoxy groups -OCH3 is 1. The van der Waals surface area contributed by atoms with Gasteiger partial charge in [0.15, 0.2) is 6.61 Å². The van der Waals surface area contributed by atoms with Crippen LogP contribution in [0.5, 0.6) is 11.5 Å². The number of piperazine rings is 1. The summed E-state index contributed by atoms with van der Waals surface area (Å²) in [5, 5.41) is 3.03. The van der Waals surface area contributed by atoms with Crippen molar-refractivity contribution in [2.45, 2.75) is 26.3 Å². The molecule has 1 unspecified atom stereocenters. The van der Waals surface area contributed by atoms with Crippen molar-refractivity contribution >= 4 is 11.6 Å². The Morgan fingerprint density at radius 3 is 2.43 bits per heavy atom. The van der Waals surface area contributed by atoms with Crippen LogP contribution in [-0.2, 0) is 4.79 Å². The second kappa shape index (κ2) is 10.9. The van der Waals surface area contributed by atoms with E-state index in [-0.39, 0.29) is 18.6 Å². The van der Waals surface area contributed by atoms with Crippen molar-refractivity contribution in [2.75, 3.05) is 51.3 Å². The summed E-state index contributed by atoms with van der Waals surface area (Å²) in [5.41, 5.74) is 2.61. The molecule has 6 heteroatoms. The van der Waals surface area contributed by atoms with E-state index >= 15 is 0 Å². The van der Waals surface area contributed by atoms with Crippen molar-refractivity contribution in [1.29, 1.82) is 0 Å². The fraction of sp³-hybridized carbons (Fsp3) is 0.458. The highest BCUT2D eigenvalue weighted by atomic mass is 16.5. The second-order valence-corrected chi connectivity index (χ2v) is 7.89. The molecule has 1 saturated heterocycles. The summed E-state index contributed by atoms with van der Waals surface area (Å²) < 4.78 is 10.7. The Morgan fingerprint density at radius 1 is 1.07 bits per heavy atom. The lowest BCUT2D eigenvalue weighted by Gasteiger charge is -2.36. The smallest absolute Gasteiger partial charge is 0.258 e. The van der Waals surface area contributed by atoms with Crippen LogP contribution in [0.25, 0.3) is 0 Å². The number of benzene rings is 2. The van der Waals surface area contributed by atoms with Crippen LogP contribution < -0.4 is 19.7 Å². The molecular formula is C24H33N3O3. The number of carbonyl (C=O) groups excluding carboxylic acids is 1. The molecule has 1 aliphatic rings. The zero-order valence-corrected chi connectivity index (χ0v) is 18.3. The van der Waals surface area contributed by atoms with E-state index in [1.54, 1.807) is 19.2 Å². The molecule has 2 aromatic rings. The molecule has 1 heterocycles. The number of carbonyl (C=O) groups is 1. The predicted molar refractivity (Wildman–Crippen MR) is 121 cm³/mol. The van der Waals surface area contributed by atoms with Gasteiger partial charge in [0.2, 0.25) is 0 Å². The molecule has 1 amide bonds. The summed E-state index contributed by atoms with van der Waals surface area (Å²) in [6, 6.07) is 16.0. The Bertz CT molecular complexity index is 802. The number of aryl methyl sites for hydroxylation is 1. The summed E-state index contributed by atoms with van der Waals surface area (Å²) in [5.74, 6) is 1.33. The van der Waals surface area contributed by atoms with E-state index in [4.69, 9.17) is 9.47 Å². The van der Waals surface area contributed by atoms with E-state index in [9.17, 15) is 4.79 Å². The van der Waals surface area contributed by atoms with E-state index in [0.717, 1.165) is 44.9 Å². The van der Waals surface area contributed by atoms with Gasteiger partial charge in [0.1, 0.15) is 11.5 Å². The largest absolute Gasteiger partial charge is 0.497 e. The quantitative estimate of drug-likeness (QED) is 0.687. The maximum atomic E-state index is 12.1. The molecule has 0 spiro atoms. The van der Waals surface area contributed by atoms with Gasteiger partial charge < -0.3 is 19.7 Å². The zero-order valence-electron chi connectivity index (χ0n) is 18.3. The number of ether oxygens (including phenoxy) is 2. The third kappa shape index (κ3) is 6.66. The van der Waals surface area contributed by atoms with E-state index in [1.165, 1.54) is 11.3 Å². The van der Waals surface area contributed by atoms with Crippen molar-refractivity contribution in [1.82, 2.24) is 10.2 Å². The normalized spacial score (nSPS) is 15.5. The first-order valence-electron chi connectivity index (χ1n) is 10.6. The van der Waals surface area contributed by atoms with Gasteiger partial charge in [-0.25, -0.2) is 0 Å². The Hall–Kier alpha value is -2.73. The number of rotatable bonds is 9. The molecule has 2 aromatic carbocycles. The van der Waals surface area contributed by atoms with Crippen LogP contribution >= 0.6 is 0 Å². The molecule has 6 nitrogen and oxygen atoms in total. The third-order valence-corrected chi connectivity index (χ3v) is 5.45. The molecule has 3 rings (SSSR count). The van der Waals surface area contributed by atoms with Crippen LogP contribution in [-0.4, -0.2) is 63.3 Å². The summed E-state index contributed by atoms with van der Waals surface area (Å²) in [7, 11) is 1.62. The lowest BCUT2D eigenvalue weighted by atomic mass is 10.1. The van der Waals surface area contributed by atoms with Gasteiger partial charge in [0.05, 0.1) is 7.11 Å². The zero-order chi connectivity index (χ0) is 21.3. The van der Waals surface area contributed by atoms with E-state index in [0.29, 0.717) is 5.75 Å². The van der Waals surface area contributed by atoms with Crippen LogP contribution in [0.2, 0.25) is 0 Å². The average Bonchev–Trinajstić information content (AvgIpc) is 2.77. The molecule has 1 N–H and O–H groups in total. The Balaban J connectivity index is 1.32. The summed E-state index contributed by atoms with van der Waals surface area (Å²) in [6.07, 6.45) is 0.929. The first kappa shape index (κ1) is 22.0. The van der Waals surface area contributed by atoms with Gasteiger partial charge in [-0.2, -0.15) is 0 Å². The fourth-order valence-corrected chi connectivity index (χ4v) is 3.64. The molecule has 0 saturated carbocycles. The van der Waals surface area contributed by atoms with Crippen LogP contribution in [0.4, 0.5) is 5.69 Å². The Kier molecular flexibility index (Phi) is 7.97. The van der Waals surface area contributed by atoms with Gasteiger partial charge in [-0.05, 0) is 62.2 Å². The number of hydrogen-bond acceptors (Lipinski definition) is 5. The minimum absolute atomic E-state index is 0.0197. The number of anilines is 1. The number of hydrogen-bond donors (Lipinski definition) is 1. The molecule has 1 fully saturated rings. The highest BCUT2D eigenvalue weighted by molar-refractivity contribution is 5.77. The van der Waals surface area contributed by atoms with Crippen LogP contribution in [0, 0.1) is 6.92 Å². The van der Waals surface area contributed by atoms with Gasteiger partial charge in [-0.3, -0.25) is 9.69 Å². The molecule has 0 aromatic heterocycles. The summed E-state index contributed by atoms with van der Waals surface area (Å²) >= 11 is 0. The lowest BCUT2D eigenvalue weighted by molar-refractivity contribution is -0.123. The van der Waals surface area contributed by atoms with Crippen molar-refractivity contribution in [3.8, 4) is 11.5 Å². The molecule has 1 aliphatic heterocycles. The van der Waals surface area contributed by atoms with Crippen LogP contribution in [0.1, 0.15) is 18.9 Å². The van der Waals surface area contributed by atoms with E-state index < -0.39 is 0 Å². The standard InChI is InChI=1S/C24H33N3O3/c1-19-5-4-6-21(17-19)27-15-13-26(14-16-27)12-11-20(2)25-24(28)18-30-23-9-7-22(29-3)8-10-23/h4-10,17,20H,11-16,18H2,1-3H3,(H,25,28). The molecule has 0 bridgehead atoms. The molecule has 30 heavy (non-hydrogen) atoms. The van der Waals surface area contributed by atoms with Crippen molar-refractivity contribution < 1.29 is 14.3 Å². The SMILES string of the molecule is COc1ccc(OCC(=O)NC(C)CCN2CCN(c3cccc(C)c3)CC2)cc1. The van der Waals surface area contributed by atoms with Crippen molar-refractivity contribution in [3.05, 3.63) is 54.1 Å². The van der Waals surface area contributed by atoms with Gasteiger partial charge >= 0.3 is 0 Å². The first-order chi connectivity index (χ1) is 14.5. The second-order valence-electron chi connectivity index (χ2n) is 7.89. The van der Waals surface area contributed by atoms with Gasteiger partial charge in [-0.1, -0.05) is 12.1 Å². The number of nitrogens with one attached hydrogen (secondary N) is 1. The Morgan fingerprint density at radius 2 is 1.77 bits per heavy atom. The van der Waals surface area contributed by atoms with Crippen molar-refractivity contribution in [2.24, 2.45) is 0 Å². The maximum absolute atomic E-state index is 12.1. The van der Waals surface area contributed by atoms with Gasteiger partial charge in [-0.15, -0.1) is 0 Å². The highest BCUT2D eigenvalue weighted by Crippen LogP contribution is 2.18. The highest BCUT2D eigenvalue weighted by Gasteiger charge is 2.18. The minimum atomic E-state index is -0.0948. The van der Waals surface area contributed by atoms with Gasteiger partial charge in [0, 0.05) is 44.5 Å². The number of amides is 1. The van der Waals surface area contributed by atoms with Crippen molar-refractivity contribution in [3.63, 3.8) is 0 Å². The lowest BCUT2D eigenvalue weighted by Crippen LogP contribution is -2.47. The van der Waals surface area contributed by atoms with Crippen LogP contribution in [0.3, 0.4) is 0 Å². The Labute approximate surface area is 179 Å². The first-order valence-corrected chi connectivity index (χ1v) is 10.6. The minimum Gasteiger partial charge on any atom is -0.497 e. The molecule has 162 valence electrons. The monoisotopic (exact) mass is 411 g/mol.